The van der Waals surface area contributed by atoms with Crippen LogP contribution in [0.25, 0.3) is 22.6 Å². The number of ether oxygens (including phenoxy) is 1. The number of benzene rings is 1. The molecule has 0 aliphatic carbocycles. The van der Waals surface area contributed by atoms with E-state index in [0.29, 0.717) is 43.1 Å². The number of aryl methyl sites for hydroxylation is 3. The summed E-state index contributed by atoms with van der Waals surface area (Å²) >= 11 is 0. The van der Waals surface area contributed by atoms with Gasteiger partial charge < -0.3 is 4.74 Å². The lowest BCUT2D eigenvalue weighted by atomic mass is 10.1. The SMILES string of the molecule is CCCn1c(=O)c2c(nc(-c3cnn(CCc4ccccc4)c3)n2COCC[Si](C)(C)C)n(CCC)c1=O. The molecule has 38 heavy (non-hydrogen) atoms. The molecule has 204 valence electrons. The number of nitrogens with zero attached hydrogens (tertiary/aromatic N) is 6. The van der Waals surface area contributed by atoms with Crippen molar-refractivity contribution >= 4 is 19.2 Å². The molecule has 0 saturated heterocycles. The molecule has 9 nitrogen and oxygen atoms in total. The van der Waals surface area contributed by atoms with Gasteiger partial charge in [-0.1, -0.05) is 63.8 Å². The van der Waals surface area contributed by atoms with E-state index >= 15 is 0 Å². The lowest BCUT2D eigenvalue weighted by Crippen LogP contribution is -2.40. The van der Waals surface area contributed by atoms with E-state index in [9.17, 15) is 9.59 Å². The van der Waals surface area contributed by atoms with Crippen molar-refractivity contribution < 1.29 is 4.74 Å². The molecule has 1 aromatic carbocycles. The van der Waals surface area contributed by atoms with Crippen LogP contribution in [0.3, 0.4) is 0 Å². The molecule has 3 heterocycles. The standard InChI is InChI=1S/C28H40N6O3Si/c1-6-14-32-26-24(27(35)33(15-7-2)28(32)36)34(21-37-17-18-38(3,4)5)25(30-26)23-19-29-31(20-23)16-13-22-11-9-8-10-12-22/h8-12,19-20H,6-7,13-18,21H2,1-5H3. The first kappa shape index (κ1) is 27.8. The monoisotopic (exact) mass is 536 g/mol. The number of hydrogen-bond donors (Lipinski definition) is 0. The summed E-state index contributed by atoms with van der Waals surface area (Å²) in [4.78, 5) is 31.8. The molecule has 0 aliphatic heterocycles. The number of rotatable bonds is 13. The van der Waals surface area contributed by atoms with Crippen LogP contribution in [0.1, 0.15) is 32.3 Å². The average molecular weight is 537 g/mol. The Morgan fingerprint density at radius 2 is 1.63 bits per heavy atom. The second kappa shape index (κ2) is 12.1. The largest absolute Gasteiger partial charge is 0.361 e. The third-order valence-electron chi connectivity index (χ3n) is 6.59. The maximum absolute atomic E-state index is 13.6. The van der Waals surface area contributed by atoms with Crippen molar-refractivity contribution in [3.05, 3.63) is 69.1 Å². The van der Waals surface area contributed by atoms with Crippen molar-refractivity contribution in [2.45, 2.75) is 85.2 Å². The van der Waals surface area contributed by atoms with Crippen molar-refractivity contribution in [1.29, 1.82) is 0 Å². The molecule has 10 heteroatoms. The summed E-state index contributed by atoms with van der Waals surface area (Å²) in [6.45, 7) is 13.3. The van der Waals surface area contributed by atoms with Crippen LogP contribution in [0.4, 0.5) is 0 Å². The zero-order chi connectivity index (χ0) is 27.3. The van der Waals surface area contributed by atoms with Gasteiger partial charge in [0.2, 0.25) is 0 Å². The fourth-order valence-electron chi connectivity index (χ4n) is 4.51. The third-order valence-corrected chi connectivity index (χ3v) is 8.29. The van der Waals surface area contributed by atoms with E-state index in [1.165, 1.54) is 10.1 Å². The zero-order valence-corrected chi connectivity index (χ0v) is 24.3. The summed E-state index contributed by atoms with van der Waals surface area (Å²) in [6, 6.07) is 11.3. The van der Waals surface area contributed by atoms with E-state index in [1.807, 2.05) is 47.5 Å². The van der Waals surface area contributed by atoms with Crippen LogP contribution in [0.5, 0.6) is 0 Å². The van der Waals surface area contributed by atoms with Gasteiger partial charge in [-0.3, -0.25) is 23.2 Å². The first-order valence-corrected chi connectivity index (χ1v) is 17.3. The van der Waals surface area contributed by atoms with Gasteiger partial charge in [0.05, 0.1) is 11.8 Å². The quantitative estimate of drug-likeness (QED) is 0.184. The number of aromatic nitrogens is 6. The summed E-state index contributed by atoms with van der Waals surface area (Å²) in [5.74, 6) is 0.592. The van der Waals surface area contributed by atoms with Gasteiger partial charge in [-0.15, -0.1) is 0 Å². The molecular weight excluding hydrogens is 496 g/mol. The Morgan fingerprint density at radius 1 is 0.921 bits per heavy atom. The van der Waals surface area contributed by atoms with Crippen LogP contribution in [0.15, 0.2) is 52.3 Å². The summed E-state index contributed by atoms with van der Waals surface area (Å²) in [5.41, 5.74) is 2.23. The molecule has 0 radical (unpaired) electrons. The van der Waals surface area contributed by atoms with Gasteiger partial charge in [-0.25, -0.2) is 9.78 Å². The smallest absolute Gasteiger partial charge is 0.332 e. The topological polar surface area (TPSA) is 88.9 Å². The van der Waals surface area contributed by atoms with E-state index in [4.69, 9.17) is 9.72 Å². The minimum absolute atomic E-state index is 0.192. The van der Waals surface area contributed by atoms with Gasteiger partial charge in [-0.05, 0) is 30.9 Å². The van der Waals surface area contributed by atoms with Gasteiger partial charge in [0, 0.05) is 40.5 Å². The predicted octanol–water partition coefficient (Wildman–Crippen LogP) is 4.60. The molecule has 0 aliphatic rings. The normalized spacial score (nSPS) is 12.0. The molecule has 4 aromatic rings. The second-order valence-electron chi connectivity index (χ2n) is 11.0. The number of fused-ring (bicyclic) bond motifs is 1. The molecule has 0 amide bonds. The molecule has 0 atom stereocenters. The highest BCUT2D eigenvalue weighted by Gasteiger charge is 2.23. The van der Waals surface area contributed by atoms with Gasteiger partial charge in [0.25, 0.3) is 5.56 Å². The van der Waals surface area contributed by atoms with E-state index in [1.54, 1.807) is 10.8 Å². The maximum Gasteiger partial charge on any atom is 0.332 e. The van der Waals surface area contributed by atoms with Crippen molar-refractivity contribution in [3.63, 3.8) is 0 Å². The van der Waals surface area contributed by atoms with Crippen LogP contribution in [-0.2, 0) is 37.5 Å². The highest BCUT2D eigenvalue weighted by Crippen LogP contribution is 2.23. The molecule has 0 fully saturated rings. The molecule has 0 N–H and O–H groups in total. The number of imidazole rings is 1. The van der Waals surface area contributed by atoms with Gasteiger partial charge in [-0.2, -0.15) is 5.10 Å². The highest BCUT2D eigenvalue weighted by molar-refractivity contribution is 6.76. The highest BCUT2D eigenvalue weighted by atomic mass is 28.3. The zero-order valence-electron chi connectivity index (χ0n) is 23.3. The summed E-state index contributed by atoms with van der Waals surface area (Å²) in [7, 11) is -1.28. The minimum Gasteiger partial charge on any atom is -0.361 e. The second-order valence-corrected chi connectivity index (χ2v) is 16.6. The van der Waals surface area contributed by atoms with Crippen molar-refractivity contribution in [1.82, 2.24) is 28.5 Å². The Hall–Kier alpha value is -3.24. The van der Waals surface area contributed by atoms with Gasteiger partial charge in [0.1, 0.15) is 12.6 Å². The Labute approximate surface area is 224 Å². The first-order chi connectivity index (χ1) is 18.2. The molecule has 0 spiro atoms. The fourth-order valence-corrected chi connectivity index (χ4v) is 5.26. The molecule has 0 unspecified atom stereocenters. The molecule has 0 saturated carbocycles. The lowest BCUT2D eigenvalue weighted by Gasteiger charge is -2.16. The molecule has 0 bridgehead atoms. The van der Waals surface area contributed by atoms with Gasteiger partial charge >= 0.3 is 5.69 Å². The van der Waals surface area contributed by atoms with E-state index in [0.717, 1.165) is 31.0 Å². The summed E-state index contributed by atoms with van der Waals surface area (Å²) in [6.07, 6.45) is 6.03. The number of hydrogen-bond acceptors (Lipinski definition) is 5. The molecular formula is C28H40N6O3Si. The Balaban J connectivity index is 1.77. The average Bonchev–Trinajstić information content (AvgIpc) is 3.51. The van der Waals surface area contributed by atoms with Gasteiger partial charge in [0.15, 0.2) is 11.2 Å². The maximum atomic E-state index is 13.6. The van der Waals surface area contributed by atoms with Crippen LogP contribution in [0, 0.1) is 0 Å². The fraction of sp³-hybridized carbons (Fsp3) is 0.500. The lowest BCUT2D eigenvalue weighted by molar-refractivity contribution is 0.0907. The summed E-state index contributed by atoms with van der Waals surface area (Å²) < 4.78 is 12.8. The van der Waals surface area contributed by atoms with Crippen LogP contribution < -0.4 is 11.2 Å². The van der Waals surface area contributed by atoms with E-state index in [2.05, 4.69) is 36.9 Å². The van der Waals surface area contributed by atoms with Crippen molar-refractivity contribution in [2.24, 2.45) is 0 Å². The first-order valence-electron chi connectivity index (χ1n) is 13.6. The van der Waals surface area contributed by atoms with E-state index in [-0.39, 0.29) is 18.0 Å². The Kier molecular flexibility index (Phi) is 8.83. The van der Waals surface area contributed by atoms with Crippen molar-refractivity contribution in [2.75, 3.05) is 6.61 Å². The Bertz CT molecular complexity index is 1480. The molecule has 3 aromatic heterocycles. The van der Waals surface area contributed by atoms with Crippen LogP contribution >= 0.6 is 0 Å². The van der Waals surface area contributed by atoms with E-state index < -0.39 is 8.07 Å². The van der Waals surface area contributed by atoms with Crippen molar-refractivity contribution in [3.8, 4) is 11.4 Å². The van der Waals surface area contributed by atoms with Crippen LogP contribution in [-0.4, -0.2) is 43.1 Å². The predicted molar refractivity (Wildman–Crippen MR) is 154 cm³/mol. The third kappa shape index (κ3) is 6.24. The summed E-state index contributed by atoms with van der Waals surface area (Å²) in [5, 5.41) is 4.57. The Morgan fingerprint density at radius 3 is 2.32 bits per heavy atom. The molecule has 4 rings (SSSR count). The minimum atomic E-state index is -1.28. The van der Waals surface area contributed by atoms with Crippen LogP contribution in [0.2, 0.25) is 25.7 Å².